The minimum absolute atomic E-state index is 0.283. The molecule has 2 aromatic heterocycles. The van der Waals surface area contributed by atoms with Crippen molar-refractivity contribution in [1.29, 1.82) is 0 Å². The molecule has 0 spiro atoms. The van der Waals surface area contributed by atoms with Gasteiger partial charge in [0.1, 0.15) is 17.1 Å². The van der Waals surface area contributed by atoms with Crippen LogP contribution < -0.4 is 9.46 Å². The molecule has 0 amide bonds. The Labute approximate surface area is 140 Å². The Bertz CT molecular complexity index is 1020. The second-order valence-corrected chi connectivity index (χ2v) is 7.49. The molecule has 7 nitrogen and oxygen atoms in total. The van der Waals surface area contributed by atoms with E-state index < -0.39 is 10.0 Å². The molecule has 3 aromatic rings. The Balaban J connectivity index is 2.43. The molecule has 0 saturated heterocycles. The number of hydrogen-bond donors (Lipinski definition) is 1. The van der Waals surface area contributed by atoms with Crippen molar-refractivity contribution < 1.29 is 13.2 Å². The van der Waals surface area contributed by atoms with Crippen LogP contribution >= 0.6 is 0 Å². The first-order valence-electron chi connectivity index (χ1n) is 7.67. The lowest BCUT2D eigenvalue weighted by Crippen LogP contribution is -2.13. The first-order chi connectivity index (χ1) is 11.3. The van der Waals surface area contributed by atoms with Crippen molar-refractivity contribution in [1.82, 2.24) is 14.4 Å². The molecular formula is C16H20N4O3S. The van der Waals surface area contributed by atoms with Crippen LogP contribution in [0.5, 0.6) is 5.75 Å². The summed E-state index contributed by atoms with van der Waals surface area (Å²) in [5.41, 5.74) is 2.94. The van der Waals surface area contributed by atoms with Crippen molar-refractivity contribution in [2.24, 2.45) is 0 Å². The molecule has 0 radical (unpaired) electrons. The Morgan fingerprint density at radius 3 is 2.67 bits per heavy atom. The number of hydrogen-bond acceptors (Lipinski definition) is 5. The summed E-state index contributed by atoms with van der Waals surface area (Å²) in [5, 5.41) is 0. The average molecular weight is 348 g/mol. The fourth-order valence-corrected chi connectivity index (χ4v) is 3.34. The molecule has 0 fully saturated rings. The summed E-state index contributed by atoms with van der Waals surface area (Å²) >= 11 is 0. The highest BCUT2D eigenvalue weighted by Crippen LogP contribution is 2.29. The molecule has 128 valence electrons. The Hall–Kier alpha value is -2.35. The third-order valence-electron chi connectivity index (χ3n) is 3.76. The van der Waals surface area contributed by atoms with Crippen molar-refractivity contribution in [2.75, 3.05) is 18.1 Å². The summed E-state index contributed by atoms with van der Waals surface area (Å²) < 4.78 is 33.2. The van der Waals surface area contributed by atoms with Gasteiger partial charge in [0.2, 0.25) is 10.0 Å². The van der Waals surface area contributed by atoms with Gasteiger partial charge in [-0.05, 0) is 25.5 Å². The molecule has 1 N–H and O–H groups in total. The number of nitrogens with one attached hydrogen (secondary N) is 1. The van der Waals surface area contributed by atoms with Crippen molar-refractivity contribution in [2.45, 2.75) is 26.7 Å². The number of rotatable bonds is 5. The van der Waals surface area contributed by atoms with Gasteiger partial charge in [0.05, 0.1) is 30.1 Å². The normalized spacial score (nSPS) is 12.0. The van der Waals surface area contributed by atoms with Crippen molar-refractivity contribution in [3.8, 4) is 5.75 Å². The van der Waals surface area contributed by atoms with Gasteiger partial charge in [-0.1, -0.05) is 6.92 Å². The van der Waals surface area contributed by atoms with Gasteiger partial charge in [0.25, 0.3) is 0 Å². The average Bonchev–Trinajstić information content (AvgIpc) is 2.83. The van der Waals surface area contributed by atoms with Crippen LogP contribution in [-0.4, -0.2) is 36.2 Å². The lowest BCUT2D eigenvalue weighted by atomic mass is 10.2. The molecule has 0 unspecified atom stereocenters. The summed E-state index contributed by atoms with van der Waals surface area (Å²) in [6.07, 6.45) is 2.84. The third-order valence-corrected chi connectivity index (χ3v) is 4.32. The molecule has 24 heavy (non-hydrogen) atoms. The minimum Gasteiger partial charge on any atom is -0.497 e. The fourth-order valence-electron chi connectivity index (χ4n) is 2.84. The van der Waals surface area contributed by atoms with Gasteiger partial charge >= 0.3 is 0 Å². The second kappa shape index (κ2) is 5.94. The summed E-state index contributed by atoms with van der Waals surface area (Å²) in [7, 11) is -1.88. The van der Waals surface area contributed by atoms with E-state index in [1.807, 2.05) is 23.5 Å². The predicted octanol–water partition coefficient (Wildman–Crippen LogP) is 2.52. The van der Waals surface area contributed by atoms with E-state index in [4.69, 9.17) is 4.74 Å². The summed E-state index contributed by atoms with van der Waals surface area (Å²) in [6.45, 7) is 3.94. The smallest absolute Gasteiger partial charge is 0.231 e. The number of sulfonamides is 1. The van der Waals surface area contributed by atoms with Gasteiger partial charge in [0.15, 0.2) is 5.82 Å². The Morgan fingerprint density at radius 2 is 2.04 bits per heavy atom. The number of benzene rings is 1. The molecule has 0 bridgehead atoms. The van der Waals surface area contributed by atoms with Gasteiger partial charge < -0.3 is 4.74 Å². The highest BCUT2D eigenvalue weighted by atomic mass is 32.2. The zero-order valence-electron chi connectivity index (χ0n) is 14.1. The van der Waals surface area contributed by atoms with E-state index in [0.29, 0.717) is 16.8 Å². The second-order valence-electron chi connectivity index (χ2n) is 5.74. The van der Waals surface area contributed by atoms with Gasteiger partial charge in [0, 0.05) is 12.5 Å². The van der Waals surface area contributed by atoms with Gasteiger partial charge in [-0.3, -0.25) is 9.12 Å². The van der Waals surface area contributed by atoms with Crippen molar-refractivity contribution in [3.63, 3.8) is 0 Å². The Kier molecular flexibility index (Phi) is 4.08. The monoisotopic (exact) mass is 348 g/mol. The molecule has 0 aliphatic heterocycles. The quantitative estimate of drug-likeness (QED) is 0.766. The number of imidazole rings is 1. The number of fused-ring (bicyclic) bond motifs is 3. The number of methoxy groups -OCH3 is 1. The number of aryl methyl sites for hydroxylation is 2. The zero-order chi connectivity index (χ0) is 17.5. The molecule has 1 aromatic carbocycles. The van der Waals surface area contributed by atoms with Gasteiger partial charge in [-0.2, -0.15) is 0 Å². The third kappa shape index (κ3) is 2.89. The van der Waals surface area contributed by atoms with Crippen LogP contribution in [0.4, 0.5) is 5.82 Å². The van der Waals surface area contributed by atoms with Crippen LogP contribution in [0.3, 0.4) is 0 Å². The van der Waals surface area contributed by atoms with E-state index in [1.54, 1.807) is 13.2 Å². The molecule has 0 saturated carbocycles. The van der Waals surface area contributed by atoms with Crippen molar-refractivity contribution >= 4 is 32.4 Å². The molecular weight excluding hydrogens is 328 g/mol. The molecule has 2 heterocycles. The molecule has 0 aliphatic rings. The van der Waals surface area contributed by atoms with Crippen LogP contribution in [-0.2, 0) is 16.4 Å². The highest BCUT2D eigenvalue weighted by molar-refractivity contribution is 7.92. The first kappa shape index (κ1) is 16.5. The number of nitrogens with zero attached hydrogens (tertiary/aromatic N) is 3. The van der Waals surface area contributed by atoms with Gasteiger partial charge in [-0.25, -0.2) is 18.4 Å². The molecule has 0 atom stereocenters. The molecule has 0 aliphatic carbocycles. The van der Waals surface area contributed by atoms with E-state index in [0.717, 1.165) is 36.1 Å². The lowest BCUT2D eigenvalue weighted by molar-refractivity contribution is 0.415. The Morgan fingerprint density at radius 1 is 1.29 bits per heavy atom. The minimum atomic E-state index is -3.46. The lowest BCUT2D eigenvalue weighted by Gasteiger charge is -2.11. The van der Waals surface area contributed by atoms with Crippen LogP contribution in [0, 0.1) is 6.92 Å². The van der Waals surface area contributed by atoms with E-state index >= 15 is 0 Å². The van der Waals surface area contributed by atoms with Crippen LogP contribution in [0.1, 0.15) is 24.9 Å². The number of anilines is 1. The van der Waals surface area contributed by atoms with Crippen LogP contribution in [0.25, 0.3) is 16.6 Å². The molecule has 3 rings (SSSR count). The van der Waals surface area contributed by atoms with Crippen molar-refractivity contribution in [3.05, 3.63) is 29.7 Å². The standard InChI is InChI=1S/C16H20N4O3S/c1-5-6-14-17-10(2)15-16(19-24(4,21)22)18-12-9-11(23-3)7-8-13(12)20(14)15/h7-9H,5-6H2,1-4H3,(H,18,19). The number of ether oxygens (including phenoxy) is 1. The number of aromatic nitrogens is 3. The molecule has 8 heteroatoms. The maximum absolute atomic E-state index is 11.7. The maximum Gasteiger partial charge on any atom is 0.231 e. The summed E-state index contributed by atoms with van der Waals surface area (Å²) in [4.78, 5) is 9.12. The van der Waals surface area contributed by atoms with Crippen LogP contribution in [0.15, 0.2) is 18.2 Å². The van der Waals surface area contributed by atoms with E-state index in [-0.39, 0.29) is 5.82 Å². The summed E-state index contributed by atoms with van der Waals surface area (Å²) in [6, 6.07) is 5.56. The highest BCUT2D eigenvalue weighted by Gasteiger charge is 2.18. The van der Waals surface area contributed by atoms with E-state index in [9.17, 15) is 8.42 Å². The largest absolute Gasteiger partial charge is 0.497 e. The van der Waals surface area contributed by atoms with E-state index in [2.05, 4.69) is 21.6 Å². The topological polar surface area (TPSA) is 85.6 Å². The first-order valence-corrected chi connectivity index (χ1v) is 9.56. The van der Waals surface area contributed by atoms with Gasteiger partial charge in [-0.15, -0.1) is 0 Å². The van der Waals surface area contributed by atoms with Crippen LogP contribution in [0.2, 0.25) is 0 Å². The zero-order valence-corrected chi connectivity index (χ0v) is 14.9. The van der Waals surface area contributed by atoms with E-state index in [1.165, 1.54) is 0 Å². The SMILES string of the molecule is CCCc1nc(C)c2c(NS(C)(=O)=O)nc3cc(OC)ccc3n12. The summed E-state index contributed by atoms with van der Waals surface area (Å²) in [5.74, 6) is 1.83. The predicted molar refractivity (Wildman–Crippen MR) is 94.2 cm³/mol. The fraction of sp³-hybridized carbons (Fsp3) is 0.375. The maximum atomic E-state index is 11.7.